The Labute approximate surface area is 175 Å². The van der Waals surface area contributed by atoms with E-state index >= 15 is 0 Å². The lowest BCUT2D eigenvalue weighted by Gasteiger charge is -2.23. The van der Waals surface area contributed by atoms with Crippen LogP contribution in [0.1, 0.15) is 35.1 Å². The van der Waals surface area contributed by atoms with E-state index in [4.69, 9.17) is 16.3 Å². The van der Waals surface area contributed by atoms with Gasteiger partial charge in [-0.15, -0.1) is 0 Å². The number of hydrogen-bond donors (Lipinski definition) is 1. The highest BCUT2D eigenvalue weighted by atomic mass is 35.5. The van der Waals surface area contributed by atoms with Crippen LogP contribution in [0, 0.1) is 0 Å². The Hall–Kier alpha value is -3.11. The van der Waals surface area contributed by atoms with Gasteiger partial charge in [0.25, 0.3) is 0 Å². The van der Waals surface area contributed by atoms with Crippen LogP contribution in [-0.2, 0) is 14.3 Å². The Balaban J connectivity index is 1.92. The topological polar surface area (TPSA) is 55.4 Å². The summed E-state index contributed by atoms with van der Waals surface area (Å²) < 4.78 is 4.82. The number of halogens is 1. The number of amides is 1. The molecule has 0 radical (unpaired) electrons. The lowest BCUT2D eigenvalue weighted by molar-refractivity contribution is -0.141. The quantitative estimate of drug-likeness (QED) is 0.567. The van der Waals surface area contributed by atoms with E-state index in [2.05, 4.69) is 5.32 Å². The minimum absolute atomic E-state index is 0.0279. The number of benzene rings is 3. The lowest BCUT2D eigenvalue weighted by atomic mass is 9.90. The van der Waals surface area contributed by atoms with Crippen molar-refractivity contribution in [2.75, 3.05) is 7.11 Å². The molecule has 3 aromatic carbocycles. The molecule has 1 atom stereocenters. The molecule has 1 unspecified atom stereocenters. The molecule has 0 aliphatic rings. The summed E-state index contributed by atoms with van der Waals surface area (Å²) in [6.45, 7) is 0. The molecule has 0 heterocycles. The maximum atomic E-state index is 13.4. The summed E-state index contributed by atoms with van der Waals surface area (Å²) in [5.41, 5.74) is 2.54. The second-order valence-corrected chi connectivity index (χ2v) is 7.08. The number of carbonyl (C=O) groups excluding carboxylic acids is 2. The Kier molecular flexibility index (Phi) is 7.04. The smallest absolute Gasteiger partial charge is 0.307 e. The van der Waals surface area contributed by atoms with Gasteiger partial charge in [0.15, 0.2) is 0 Å². The molecule has 5 heteroatoms. The maximum Gasteiger partial charge on any atom is 0.307 e. The second kappa shape index (κ2) is 9.89. The van der Waals surface area contributed by atoms with Gasteiger partial charge < -0.3 is 10.1 Å². The number of esters is 1. The highest BCUT2D eigenvalue weighted by Gasteiger charge is 2.26. The molecule has 0 aromatic heterocycles. The van der Waals surface area contributed by atoms with Crippen molar-refractivity contribution in [3.8, 4) is 0 Å². The van der Waals surface area contributed by atoms with Crippen molar-refractivity contribution in [2.45, 2.75) is 18.4 Å². The monoisotopic (exact) mass is 407 g/mol. The van der Waals surface area contributed by atoms with Crippen LogP contribution in [0.2, 0.25) is 5.02 Å². The van der Waals surface area contributed by atoms with Gasteiger partial charge in [0.2, 0.25) is 5.91 Å². The van der Waals surface area contributed by atoms with Crippen molar-refractivity contribution in [3.05, 3.63) is 107 Å². The third-order valence-electron chi connectivity index (χ3n) is 4.72. The molecule has 0 aliphatic carbocycles. The van der Waals surface area contributed by atoms with Gasteiger partial charge in [0.1, 0.15) is 0 Å². The van der Waals surface area contributed by atoms with Crippen LogP contribution in [0.4, 0.5) is 0 Å². The van der Waals surface area contributed by atoms with E-state index < -0.39 is 17.9 Å². The first kappa shape index (κ1) is 20.6. The summed E-state index contributed by atoms with van der Waals surface area (Å²) in [6.07, 6.45) is 0.0279. The summed E-state index contributed by atoms with van der Waals surface area (Å²) in [5, 5.41) is 3.62. The molecule has 0 bridgehead atoms. The highest BCUT2D eigenvalue weighted by Crippen LogP contribution is 2.27. The average Bonchev–Trinajstić information content (AvgIpc) is 2.75. The molecule has 1 amide bonds. The normalized spacial score (nSPS) is 11.7. The largest absolute Gasteiger partial charge is 0.469 e. The van der Waals surface area contributed by atoms with Crippen molar-refractivity contribution in [2.24, 2.45) is 0 Å². The van der Waals surface area contributed by atoms with E-state index in [0.717, 1.165) is 16.7 Å². The van der Waals surface area contributed by atoms with Crippen LogP contribution in [0.3, 0.4) is 0 Å². The van der Waals surface area contributed by atoms with Gasteiger partial charge in [-0.2, -0.15) is 0 Å². The van der Waals surface area contributed by atoms with Crippen LogP contribution in [0.25, 0.3) is 0 Å². The molecule has 29 heavy (non-hydrogen) atoms. The highest BCUT2D eigenvalue weighted by molar-refractivity contribution is 6.30. The van der Waals surface area contributed by atoms with Crippen LogP contribution in [-0.4, -0.2) is 19.0 Å². The van der Waals surface area contributed by atoms with Gasteiger partial charge in [-0.1, -0.05) is 84.4 Å². The Bertz CT molecular complexity index is 903. The fraction of sp³-hybridized carbons (Fsp3) is 0.167. The van der Waals surface area contributed by atoms with E-state index in [-0.39, 0.29) is 12.3 Å². The fourth-order valence-electron chi connectivity index (χ4n) is 3.24. The predicted molar refractivity (Wildman–Crippen MR) is 114 cm³/mol. The summed E-state index contributed by atoms with van der Waals surface area (Å²) >= 11 is 5.99. The maximum absolute atomic E-state index is 13.4. The van der Waals surface area contributed by atoms with E-state index in [1.165, 1.54) is 7.11 Å². The molecule has 3 aromatic rings. The SMILES string of the molecule is COC(=O)CC(NC(=O)C(c1ccccc1)c1ccccc1)c1ccc(Cl)cc1. The first-order chi connectivity index (χ1) is 14.1. The molecule has 0 saturated heterocycles. The zero-order valence-corrected chi connectivity index (χ0v) is 16.8. The molecule has 1 N–H and O–H groups in total. The van der Waals surface area contributed by atoms with Crippen molar-refractivity contribution in [1.29, 1.82) is 0 Å². The van der Waals surface area contributed by atoms with Crippen molar-refractivity contribution in [3.63, 3.8) is 0 Å². The number of rotatable bonds is 7. The molecule has 0 saturated carbocycles. The first-order valence-electron chi connectivity index (χ1n) is 9.31. The third kappa shape index (κ3) is 5.46. The minimum atomic E-state index is -0.526. The van der Waals surface area contributed by atoms with E-state index in [0.29, 0.717) is 5.02 Å². The molecular formula is C24H22ClNO3. The molecular weight excluding hydrogens is 386 g/mol. The van der Waals surface area contributed by atoms with Gasteiger partial charge in [-0.3, -0.25) is 9.59 Å². The molecule has 148 valence electrons. The first-order valence-corrected chi connectivity index (χ1v) is 9.69. The Morgan fingerprint density at radius 1 is 0.828 bits per heavy atom. The van der Waals surface area contributed by atoms with Gasteiger partial charge >= 0.3 is 5.97 Å². The standard InChI is InChI=1S/C24H22ClNO3/c1-29-22(27)16-21(17-12-14-20(25)15-13-17)26-24(28)23(18-8-4-2-5-9-18)19-10-6-3-7-11-19/h2-15,21,23H,16H2,1H3,(H,26,28). The third-order valence-corrected chi connectivity index (χ3v) is 4.97. The second-order valence-electron chi connectivity index (χ2n) is 6.65. The van der Waals surface area contributed by atoms with Crippen LogP contribution < -0.4 is 5.32 Å². The number of carbonyl (C=O) groups is 2. The van der Waals surface area contributed by atoms with Crippen molar-refractivity contribution >= 4 is 23.5 Å². The Morgan fingerprint density at radius 2 is 1.34 bits per heavy atom. The van der Waals surface area contributed by atoms with Gasteiger partial charge in [0, 0.05) is 5.02 Å². The minimum Gasteiger partial charge on any atom is -0.469 e. The van der Waals surface area contributed by atoms with Gasteiger partial charge in [-0.25, -0.2) is 0 Å². The molecule has 0 aliphatic heterocycles. The van der Waals surface area contributed by atoms with Crippen molar-refractivity contribution < 1.29 is 14.3 Å². The van der Waals surface area contributed by atoms with E-state index in [1.807, 2.05) is 60.7 Å². The van der Waals surface area contributed by atoms with E-state index in [9.17, 15) is 9.59 Å². The number of hydrogen-bond acceptors (Lipinski definition) is 3. The van der Waals surface area contributed by atoms with Gasteiger partial charge in [-0.05, 0) is 28.8 Å². The lowest BCUT2D eigenvalue weighted by Crippen LogP contribution is -2.34. The van der Waals surface area contributed by atoms with Crippen molar-refractivity contribution in [1.82, 2.24) is 5.32 Å². The van der Waals surface area contributed by atoms with Crippen LogP contribution >= 0.6 is 11.6 Å². The van der Waals surface area contributed by atoms with Crippen LogP contribution in [0.5, 0.6) is 0 Å². The summed E-state index contributed by atoms with van der Waals surface area (Å²) in [6, 6.07) is 25.7. The average molecular weight is 408 g/mol. The summed E-state index contributed by atoms with van der Waals surface area (Å²) in [4.78, 5) is 25.3. The summed E-state index contributed by atoms with van der Waals surface area (Å²) in [5.74, 6) is -1.09. The number of ether oxygens (including phenoxy) is 1. The Morgan fingerprint density at radius 3 is 1.83 bits per heavy atom. The molecule has 0 fully saturated rings. The summed E-state index contributed by atoms with van der Waals surface area (Å²) in [7, 11) is 1.33. The zero-order chi connectivity index (χ0) is 20.6. The molecule has 4 nitrogen and oxygen atoms in total. The number of nitrogens with one attached hydrogen (secondary N) is 1. The van der Waals surface area contributed by atoms with Crippen LogP contribution in [0.15, 0.2) is 84.9 Å². The number of methoxy groups -OCH3 is 1. The molecule has 0 spiro atoms. The predicted octanol–water partition coefficient (Wildman–Crippen LogP) is 4.89. The van der Waals surface area contributed by atoms with E-state index in [1.54, 1.807) is 24.3 Å². The zero-order valence-electron chi connectivity index (χ0n) is 16.0. The van der Waals surface area contributed by atoms with Gasteiger partial charge in [0.05, 0.1) is 25.5 Å². The fourth-order valence-corrected chi connectivity index (χ4v) is 3.36. The molecule has 3 rings (SSSR count).